The van der Waals surface area contributed by atoms with E-state index in [9.17, 15) is 9.18 Å². The number of halogens is 1. The van der Waals surface area contributed by atoms with E-state index in [4.69, 9.17) is 5.73 Å². The largest absolute Gasteiger partial charge is 0.369 e. The molecule has 1 fully saturated rings. The highest BCUT2D eigenvalue weighted by Gasteiger charge is 2.30. The topological polar surface area (TPSA) is 55.1 Å². The number of benzene rings is 1. The minimum atomic E-state index is -0.573. The maximum absolute atomic E-state index is 13.7. The Bertz CT molecular complexity index is 402. The van der Waals surface area contributed by atoms with E-state index in [1.54, 1.807) is 18.2 Å². The zero-order valence-electron chi connectivity index (χ0n) is 9.66. The molecule has 92 valence electrons. The van der Waals surface area contributed by atoms with Crippen molar-refractivity contribution >= 4 is 5.91 Å². The predicted molar refractivity (Wildman–Crippen MR) is 64.0 cm³/mol. The van der Waals surface area contributed by atoms with Gasteiger partial charge in [0.15, 0.2) is 0 Å². The van der Waals surface area contributed by atoms with Crippen molar-refractivity contribution in [3.05, 3.63) is 35.6 Å². The number of piperidine rings is 1. The van der Waals surface area contributed by atoms with Gasteiger partial charge in [-0.3, -0.25) is 4.79 Å². The summed E-state index contributed by atoms with van der Waals surface area (Å²) in [6.45, 7) is 0.864. The molecule has 2 rings (SSSR count). The number of rotatable bonds is 3. The van der Waals surface area contributed by atoms with Crippen LogP contribution in [0.25, 0.3) is 0 Å². The molecule has 0 saturated carbocycles. The lowest BCUT2D eigenvalue weighted by molar-refractivity contribution is -0.120. The van der Waals surface area contributed by atoms with Gasteiger partial charge in [-0.1, -0.05) is 24.6 Å². The monoisotopic (exact) mass is 236 g/mol. The molecule has 1 saturated heterocycles. The van der Waals surface area contributed by atoms with Crippen LogP contribution in [0.15, 0.2) is 24.3 Å². The fourth-order valence-electron chi connectivity index (χ4n) is 2.46. The van der Waals surface area contributed by atoms with Gasteiger partial charge in [0, 0.05) is 11.6 Å². The fourth-order valence-corrected chi connectivity index (χ4v) is 2.46. The quantitative estimate of drug-likeness (QED) is 0.836. The molecule has 0 bridgehead atoms. The first-order chi connectivity index (χ1) is 8.20. The minimum absolute atomic E-state index is 0.0434. The summed E-state index contributed by atoms with van der Waals surface area (Å²) >= 11 is 0. The van der Waals surface area contributed by atoms with Crippen molar-refractivity contribution in [2.24, 2.45) is 5.73 Å². The number of carbonyl (C=O) groups excluding carboxylic acids is 1. The first-order valence-corrected chi connectivity index (χ1v) is 5.97. The molecule has 1 amide bonds. The van der Waals surface area contributed by atoms with Crippen molar-refractivity contribution in [2.75, 3.05) is 6.54 Å². The summed E-state index contributed by atoms with van der Waals surface area (Å²) in [6.07, 6.45) is 3.01. The molecule has 1 aromatic carbocycles. The Morgan fingerprint density at radius 2 is 2.18 bits per heavy atom. The molecule has 0 aliphatic carbocycles. The molecule has 0 aromatic heterocycles. The Kier molecular flexibility index (Phi) is 3.74. The Labute approximate surface area is 100 Å². The number of hydrogen-bond donors (Lipinski definition) is 2. The molecular formula is C13H17FN2O. The lowest BCUT2D eigenvalue weighted by atomic mass is 9.86. The second-order valence-corrected chi connectivity index (χ2v) is 4.46. The third kappa shape index (κ3) is 2.64. The fraction of sp³-hybridized carbons (Fsp3) is 0.462. The Balaban J connectivity index is 2.28. The number of hydrogen-bond acceptors (Lipinski definition) is 2. The van der Waals surface area contributed by atoms with Gasteiger partial charge in [0.05, 0.1) is 5.92 Å². The van der Waals surface area contributed by atoms with Crippen molar-refractivity contribution in [1.29, 1.82) is 0 Å². The van der Waals surface area contributed by atoms with Crippen molar-refractivity contribution < 1.29 is 9.18 Å². The molecule has 4 heteroatoms. The molecule has 1 aliphatic heterocycles. The lowest BCUT2D eigenvalue weighted by Crippen LogP contribution is -2.44. The maximum Gasteiger partial charge on any atom is 0.226 e. The van der Waals surface area contributed by atoms with Crippen LogP contribution < -0.4 is 11.1 Å². The number of amides is 1. The number of nitrogens with one attached hydrogen (secondary N) is 1. The molecule has 1 heterocycles. The summed E-state index contributed by atoms with van der Waals surface area (Å²) in [6, 6.07) is 6.32. The average molecular weight is 236 g/mol. The minimum Gasteiger partial charge on any atom is -0.369 e. The van der Waals surface area contributed by atoms with Crippen LogP contribution in [0.5, 0.6) is 0 Å². The van der Waals surface area contributed by atoms with E-state index in [-0.39, 0.29) is 11.9 Å². The van der Waals surface area contributed by atoms with Crippen molar-refractivity contribution in [3.63, 3.8) is 0 Å². The van der Waals surface area contributed by atoms with Crippen LogP contribution in [-0.2, 0) is 4.79 Å². The number of carbonyl (C=O) groups is 1. The standard InChI is InChI=1S/C13H17FN2O/c14-10-6-2-1-5-9(10)12(13(15)17)11-7-3-4-8-16-11/h1-2,5-6,11-12,16H,3-4,7-8H2,(H2,15,17)/t11-,12+/m1/s1. The van der Waals surface area contributed by atoms with Crippen LogP contribution in [0, 0.1) is 5.82 Å². The van der Waals surface area contributed by atoms with Crippen molar-refractivity contribution in [2.45, 2.75) is 31.2 Å². The highest BCUT2D eigenvalue weighted by atomic mass is 19.1. The van der Waals surface area contributed by atoms with Gasteiger partial charge in [0.2, 0.25) is 5.91 Å². The van der Waals surface area contributed by atoms with Gasteiger partial charge in [-0.25, -0.2) is 4.39 Å². The van der Waals surface area contributed by atoms with Crippen LogP contribution in [0.3, 0.4) is 0 Å². The van der Waals surface area contributed by atoms with Crippen LogP contribution in [0.2, 0.25) is 0 Å². The molecule has 1 aromatic rings. The summed E-state index contributed by atoms with van der Waals surface area (Å²) in [5, 5.41) is 3.26. The zero-order valence-corrected chi connectivity index (χ0v) is 9.66. The van der Waals surface area contributed by atoms with Gasteiger partial charge in [-0.2, -0.15) is 0 Å². The summed E-state index contributed by atoms with van der Waals surface area (Å²) in [4.78, 5) is 11.6. The highest BCUT2D eigenvalue weighted by molar-refractivity contribution is 5.83. The lowest BCUT2D eigenvalue weighted by Gasteiger charge is -2.29. The maximum atomic E-state index is 13.7. The Hall–Kier alpha value is -1.42. The normalized spacial score (nSPS) is 22.1. The summed E-state index contributed by atoms with van der Waals surface area (Å²) in [7, 11) is 0. The molecule has 1 aliphatic rings. The van der Waals surface area contributed by atoms with E-state index in [1.165, 1.54) is 6.07 Å². The molecule has 0 unspecified atom stereocenters. The molecular weight excluding hydrogens is 219 g/mol. The van der Waals surface area contributed by atoms with Gasteiger partial charge in [-0.05, 0) is 25.5 Å². The van der Waals surface area contributed by atoms with Crippen LogP contribution in [0.1, 0.15) is 30.7 Å². The zero-order chi connectivity index (χ0) is 12.3. The van der Waals surface area contributed by atoms with Crippen molar-refractivity contribution in [3.8, 4) is 0 Å². The Morgan fingerprint density at radius 3 is 2.76 bits per heavy atom. The molecule has 2 atom stereocenters. The second-order valence-electron chi connectivity index (χ2n) is 4.46. The van der Waals surface area contributed by atoms with Gasteiger partial charge in [0.1, 0.15) is 5.82 Å². The van der Waals surface area contributed by atoms with Gasteiger partial charge >= 0.3 is 0 Å². The first-order valence-electron chi connectivity index (χ1n) is 5.97. The van der Waals surface area contributed by atoms with E-state index in [0.717, 1.165) is 25.8 Å². The molecule has 0 radical (unpaired) electrons. The van der Waals surface area contributed by atoms with E-state index in [0.29, 0.717) is 5.56 Å². The summed E-state index contributed by atoms with van der Waals surface area (Å²) in [5.74, 6) is -1.39. The molecule has 17 heavy (non-hydrogen) atoms. The second kappa shape index (κ2) is 5.27. The van der Waals surface area contributed by atoms with Crippen LogP contribution in [-0.4, -0.2) is 18.5 Å². The summed E-state index contributed by atoms with van der Waals surface area (Å²) < 4.78 is 13.7. The highest BCUT2D eigenvalue weighted by Crippen LogP contribution is 2.26. The molecule has 0 spiro atoms. The Morgan fingerprint density at radius 1 is 1.41 bits per heavy atom. The van der Waals surface area contributed by atoms with Crippen molar-refractivity contribution in [1.82, 2.24) is 5.32 Å². The van der Waals surface area contributed by atoms with E-state index in [2.05, 4.69) is 5.32 Å². The number of nitrogens with two attached hydrogens (primary N) is 1. The summed E-state index contributed by atoms with van der Waals surface area (Å²) in [5.41, 5.74) is 5.83. The third-order valence-corrected chi connectivity index (χ3v) is 3.30. The average Bonchev–Trinajstić information content (AvgIpc) is 2.33. The van der Waals surface area contributed by atoms with Crippen LogP contribution in [0.4, 0.5) is 4.39 Å². The predicted octanol–water partition coefficient (Wildman–Crippen LogP) is 1.54. The molecule has 3 N–H and O–H groups in total. The van der Waals surface area contributed by atoms with E-state index in [1.807, 2.05) is 0 Å². The van der Waals surface area contributed by atoms with E-state index >= 15 is 0 Å². The number of primary amides is 1. The van der Waals surface area contributed by atoms with E-state index < -0.39 is 11.8 Å². The van der Waals surface area contributed by atoms with Gasteiger partial charge in [-0.15, -0.1) is 0 Å². The smallest absolute Gasteiger partial charge is 0.226 e. The van der Waals surface area contributed by atoms with Crippen LogP contribution >= 0.6 is 0 Å². The van der Waals surface area contributed by atoms with Gasteiger partial charge < -0.3 is 11.1 Å². The third-order valence-electron chi connectivity index (χ3n) is 3.30. The SMILES string of the molecule is NC(=O)[C@@H](c1ccccc1F)[C@H]1CCCCN1. The first kappa shape index (κ1) is 12.0. The molecule has 3 nitrogen and oxygen atoms in total. The van der Waals surface area contributed by atoms with Gasteiger partial charge in [0.25, 0.3) is 0 Å².